The Morgan fingerprint density at radius 1 is 1.28 bits per heavy atom. The highest BCUT2D eigenvalue weighted by molar-refractivity contribution is 7.22. The van der Waals surface area contributed by atoms with E-state index < -0.39 is 6.03 Å². The average molecular weight is 447 g/mol. The Morgan fingerprint density at radius 3 is 3.00 bits per heavy atom. The number of benzene rings is 2. The van der Waals surface area contributed by atoms with Crippen molar-refractivity contribution in [1.29, 1.82) is 0 Å². The molecule has 32 heavy (non-hydrogen) atoms. The molecule has 3 heterocycles. The number of hydrogen-bond donors (Lipinski definition) is 3. The van der Waals surface area contributed by atoms with Gasteiger partial charge in [-0.15, -0.1) is 0 Å². The average Bonchev–Trinajstić information content (AvgIpc) is 3.38. The molecule has 0 radical (unpaired) electrons. The first-order chi connectivity index (χ1) is 15.6. The summed E-state index contributed by atoms with van der Waals surface area (Å²) >= 11 is 1.48. The van der Waals surface area contributed by atoms with Gasteiger partial charge in [-0.2, -0.15) is 5.10 Å². The zero-order chi connectivity index (χ0) is 21.9. The normalized spacial score (nSPS) is 15.7. The van der Waals surface area contributed by atoms with E-state index >= 15 is 0 Å². The third kappa shape index (κ3) is 4.66. The number of thiazole rings is 1. The number of nitrogens with zero attached hydrogens (tertiary/aromatic N) is 3. The van der Waals surface area contributed by atoms with Crippen LogP contribution in [-0.2, 0) is 6.54 Å². The molecule has 8 heteroatoms. The van der Waals surface area contributed by atoms with Crippen LogP contribution in [0.4, 0.5) is 9.93 Å². The predicted molar refractivity (Wildman–Crippen MR) is 131 cm³/mol. The van der Waals surface area contributed by atoms with E-state index in [1.54, 1.807) is 6.21 Å². The maximum Gasteiger partial charge on any atom is 0.341 e. The minimum Gasteiger partial charge on any atom is -0.361 e. The fourth-order valence-corrected chi connectivity index (χ4v) is 5.01. The molecule has 5 rings (SSSR count). The molecule has 3 N–H and O–H groups in total. The van der Waals surface area contributed by atoms with Crippen LogP contribution in [0.1, 0.15) is 30.9 Å². The van der Waals surface area contributed by atoms with Crippen LogP contribution in [0.25, 0.3) is 21.1 Å². The van der Waals surface area contributed by atoms with Crippen molar-refractivity contribution in [1.82, 2.24) is 20.3 Å². The van der Waals surface area contributed by atoms with E-state index in [1.807, 2.05) is 36.5 Å². The number of likely N-dealkylation sites (tertiary alicyclic amines) is 1. The van der Waals surface area contributed by atoms with E-state index in [1.165, 1.54) is 29.7 Å². The summed E-state index contributed by atoms with van der Waals surface area (Å²) in [4.78, 5) is 22.5. The fourth-order valence-electron chi connectivity index (χ4n) is 4.09. The third-order valence-electron chi connectivity index (χ3n) is 5.95. The standard InChI is InChI=1S/C24H26N6OS/c1-16-8-10-30(11-9-16)15-17-6-7-21-22(12-17)32-24(27-21)28-23(31)29-26-14-18-13-25-20-5-3-2-4-19(18)20/h2-7,12-14,16,25H,8-11,15H2,1H3,(H2,27,28,29,31)/b26-14+. The van der Waals surface area contributed by atoms with Crippen LogP contribution in [0.2, 0.25) is 0 Å². The summed E-state index contributed by atoms with van der Waals surface area (Å²) in [6, 6.07) is 13.9. The van der Waals surface area contributed by atoms with Gasteiger partial charge in [0.2, 0.25) is 0 Å². The Morgan fingerprint density at radius 2 is 2.12 bits per heavy atom. The summed E-state index contributed by atoms with van der Waals surface area (Å²) in [6.45, 7) is 5.62. The number of para-hydroxylation sites is 1. The van der Waals surface area contributed by atoms with Crippen LogP contribution >= 0.6 is 11.3 Å². The molecule has 0 unspecified atom stereocenters. The highest BCUT2D eigenvalue weighted by Gasteiger charge is 2.16. The molecule has 0 atom stereocenters. The quantitative estimate of drug-likeness (QED) is 0.292. The monoisotopic (exact) mass is 446 g/mol. The van der Waals surface area contributed by atoms with Gasteiger partial charge in [0.1, 0.15) is 0 Å². The van der Waals surface area contributed by atoms with Gasteiger partial charge in [-0.3, -0.25) is 10.2 Å². The molecular weight excluding hydrogens is 420 g/mol. The van der Waals surface area contributed by atoms with Crippen LogP contribution in [0.3, 0.4) is 0 Å². The number of aromatic amines is 1. The molecule has 4 aromatic rings. The number of nitrogens with one attached hydrogen (secondary N) is 3. The highest BCUT2D eigenvalue weighted by atomic mass is 32.1. The third-order valence-corrected chi connectivity index (χ3v) is 6.88. The Bertz CT molecular complexity index is 1270. The summed E-state index contributed by atoms with van der Waals surface area (Å²) in [5.41, 5.74) is 6.64. The molecule has 0 bridgehead atoms. The molecule has 0 aliphatic carbocycles. The molecule has 0 spiro atoms. The first-order valence-corrected chi connectivity index (χ1v) is 11.7. The van der Waals surface area contributed by atoms with E-state index in [2.05, 4.69) is 49.8 Å². The molecular formula is C24H26N6OS. The summed E-state index contributed by atoms with van der Waals surface area (Å²) < 4.78 is 1.07. The first-order valence-electron chi connectivity index (χ1n) is 10.9. The minimum atomic E-state index is -0.414. The fraction of sp³-hybridized carbons (Fsp3) is 0.292. The van der Waals surface area contributed by atoms with Crippen LogP contribution in [0.5, 0.6) is 0 Å². The van der Waals surface area contributed by atoms with Gasteiger partial charge in [0, 0.05) is 29.2 Å². The van der Waals surface area contributed by atoms with Crippen LogP contribution in [0.15, 0.2) is 53.8 Å². The number of aromatic nitrogens is 2. The number of amides is 2. The SMILES string of the molecule is CC1CCN(Cc2ccc3nc(NC(=O)N/N=C/c4c[nH]c5ccccc45)sc3c2)CC1. The van der Waals surface area contributed by atoms with Gasteiger partial charge in [0.05, 0.1) is 16.4 Å². The minimum absolute atomic E-state index is 0.414. The predicted octanol–water partition coefficient (Wildman–Crippen LogP) is 5.17. The lowest BCUT2D eigenvalue weighted by atomic mass is 9.99. The molecule has 164 valence electrons. The maximum absolute atomic E-state index is 12.3. The number of hydrogen-bond acceptors (Lipinski definition) is 5. The smallest absolute Gasteiger partial charge is 0.341 e. The summed E-state index contributed by atoms with van der Waals surface area (Å²) in [5.74, 6) is 0.835. The number of urea groups is 1. The topological polar surface area (TPSA) is 85.4 Å². The lowest BCUT2D eigenvalue weighted by Gasteiger charge is -2.30. The molecule has 1 saturated heterocycles. The largest absolute Gasteiger partial charge is 0.361 e. The van der Waals surface area contributed by atoms with Crippen molar-refractivity contribution in [2.75, 3.05) is 18.4 Å². The Labute approximate surface area is 190 Å². The first kappa shape index (κ1) is 20.7. The molecule has 2 aromatic carbocycles. The molecule has 7 nitrogen and oxygen atoms in total. The molecule has 2 aromatic heterocycles. The van der Waals surface area contributed by atoms with Crippen molar-refractivity contribution in [3.63, 3.8) is 0 Å². The van der Waals surface area contributed by atoms with E-state index in [0.29, 0.717) is 5.13 Å². The van der Waals surface area contributed by atoms with Gasteiger partial charge in [-0.1, -0.05) is 42.5 Å². The van der Waals surface area contributed by atoms with E-state index in [9.17, 15) is 4.79 Å². The second-order valence-electron chi connectivity index (χ2n) is 8.39. The summed E-state index contributed by atoms with van der Waals surface area (Å²) in [7, 11) is 0. The van der Waals surface area contributed by atoms with Crippen LogP contribution in [-0.4, -0.2) is 40.2 Å². The number of carbonyl (C=O) groups excluding carboxylic acids is 1. The van der Waals surface area contributed by atoms with Crippen molar-refractivity contribution >= 4 is 49.8 Å². The Hall–Kier alpha value is -3.23. The highest BCUT2D eigenvalue weighted by Crippen LogP contribution is 2.28. The van der Waals surface area contributed by atoms with Crippen LogP contribution < -0.4 is 10.7 Å². The number of carbonyl (C=O) groups is 1. The second-order valence-corrected chi connectivity index (χ2v) is 9.42. The van der Waals surface area contributed by atoms with Gasteiger partial charge in [0.15, 0.2) is 5.13 Å². The van der Waals surface area contributed by atoms with Crippen LogP contribution in [0, 0.1) is 5.92 Å². The molecule has 1 aliphatic heterocycles. The maximum atomic E-state index is 12.3. The molecule has 1 aliphatic rings. The van der Waals surface area contributed by atoms with Crippen molar-refractivity contribution in [3.8, 4) is 0 Å². The molecule has 1 fully saturated rings. The number of fused-ring (bicyclic) bond motifs is 2. The van der Waals surface area contributed by atoms with Crippen molar-refractivity contribution < 1.29 is 4.79 Å². The number of H-pyrrole nitrogens is 1. The van der Waals surface area contributed by atoms with Crippen molar-refractivity contribution in [2.45, 2.75) is 26.3 Å². The second kappa shape index (κ2) is 9.10. The Balaban J connectivity index is 1.19. The van der Waals surface area contributed by atoms with Gasteiger partial charge in [-0.25, -0.2) is 15.2 Å². The van der Waals surface area contributed by atoms with E-state index in [4.69, 9.17) is 0 Å². The number of piperidine rings is 1. The number of hydrazone groups is 1. The van der Waals surface area contributed by atoms with Gasteiger partial charge >= 0.3 is 6.03 Å². The van der Waals surface area contributed by atoms with Gasteiger partial charge in [-0.05, 0) is 55.6 Å². The van der Waals surface area contributed by atoms with Gasteiger partial charge in [0.25, 0.3) is 0 Å². The zero-order valence-corrected chi connectivity index (χ0v) is 18.8. The summed E-state index contributed by atoms with van der Waals surface area (Å²) in [5, 5.41) is 8.46. The number of rotatable bonds is 5. The van der Waals surface area contributed by atoms with Gasteiger partial charge < -0.3 is 4.98 Å². The number of anilines is 1. The summed E-state index contributed by atoms with van der Waals surface area (Å²) in [6.07, 6.45) is 6.04. The Kier molecular flexibility index (Phi) is 5.87. The lowest BCUT2D eigenvalue weighted by molar-refractivity contribution is 0.185. The van der Waals surface area contributed by atoms with Crippen molar-refractivity contribution in [2.24, 2.45) is 11.0 Å². The zero-order valence-electron chi connectivity index (χ0n) is 18.0. The van der Waals surface area contributed by atoms with E-state index in [0.717, 1.165) is 52.2 Å². The molecule has 2 amide bonds. The lowest BCUT2D eigenvalue weighted by Crippen LogP contribution is -2.32. The van der Waals surface area contributed by atoms with Crippen molar-refractivity contribution in [3.05, 3.63) is 59.8 Å². The van der Waals surface area contributed by atoms with E-state index in [-0.39, 0.29) is 0 Å². The molecule has 0 saturated carbocycles.